The van der Waals surface area contributed by atoms with E-state index in [1.165, 1.54) is 116 Å². The third-order valence-corrected chi connectivity index (χ3v) is 6.05. The number of hydrogen-bond donors (Lipinski definition) is 0. The van der Waals surface area contributed by atoms with Gasteiger partial charge in [-0.3, -0.25) is 0 Å². The van der Waals surface area contributed by atoms with Gasteiger partial charge in [0, 0.05) is 13.2 Å². The topological polar surface area (TPSA) is 9.23 Å². The maximum Gasteiger partial charge on any atom is 0.0494 e. The smallest absolute Gasteiger partial charge is 0.0494 e. The molecule has 0 saturated heterocycles. The first kappa shape index (κ1) is 27.0. The van der Waals surface area contributed by atoms with Crippen molar-refractivity contribution in [2.45, 2.75) is 143 Å². The Morgan fingerprint density at radius 2 is 0.778 bits per heavy atom. The van der Waals surface area contributed by atoms with Crippen molar-refractivity contribution in [2.75, 3.05) is 13.2 Å². The van der Waals surface area contributed by atoms with Gasteiger partial charge in [-0.05, 0) is 37.5 Å². The Balaban J connectivity index is 4.09. The van der Waals surface area contributed by atoms with E-state index in [1.807, 2.05) is 0 Å². The second-order valence-corrected chi connectivity index (χ2v) is 8.96. The van der Waals surface area contributed by atoms with E-state index in [4.69, 9.17) is 4.74 Å². The summed E-state index contributed by atoms with van der Waals surface area (Å²) in [4.78, 5) is 0. The predicted molar refractivity (Wildman–Crippen MR) is 124 cm³/mol. The van der Waals surface area contributed by atoms with Crippen LogP contribution in [0.4, 0.5) is 0 Å². The molecular weight excluding hydrogens is 328 g/mol. The Hall–Kier alpha value is -0.0400. The van der Waals surface area contributed by atoms with Crippen molar-refractivity contribution >= 4 is 0 Å². The Kier molecular flexibility index (Phi) is 22.2. The highest BCUT2D eigenvalue weighted by Gasteiger charge is 2.12. The summed E-state index contributed by atoms with van der Waals surface area (Å²) in [5.41, 5.74) is 0. The lowest BCUT2D eigenvalue weighted by Crippen LogP contribution is -2.16. The van der Waals surface area contributed by atoms with Gasteiger partial charge in [-0.1, -0.05) is 118 Å². The summed E-state index contributed by atoms with van der Waals surface area (Å²) in [7, 11) is 0. The Labute approximate surface area is 173 Å². The highest BCUT2D eigenvalue weighted by atomic mass is 16.5. The van der Waals surface area contributed by atoms with E-state index in [2.05, 4.69) is 27.7 Å². The normalized spacial score (nSPS) is 13.8. The van der Waals surface area contributed by atoms with Crippen LogP contribution in [-0.2, 0) is 4.74 Å². The van der Waals surface area contributed by atoms with Gasteiger partial charge < -0.3 is 4.74 Å². The van der Waals surface area contributed by atoms with E-state index >= 15 is 0 Å². The number of ether oxygens (including phenoxy) is 1. The summed E-state index contributed by atoms with van der Waals surface area (Å²) in [5, 5.41) is 0. The van der Waals surface area contributed by atoms with Crippen LogP contribution in [0.3, 0.4) is 0 Å². The molecule has 0 bridgehead atoms. The largest absolute Gasteiger partial charge is 0.381 e. The molecule has 0 aromatic rings. The average Bonchev–Trinajstić information content (AvgIpc) is 2.67. The zero-order valence-electron chi connectivity index (χ0n) is 19.7. The van der Waals surface area contributed by atoms with E-state index in [0.717, 1.165) is 25.0 Å². The Morgan fingerprint density at radius 3 is 1.30 bits per heavy atom. The minimum Gasteiger partial charge on any atom is -0.381 e. The van der Waals surface area contributed by atoms with Crippen molar-refractivity contribution in [3.05, 3.63) is 0 Å². The Morgan fingerprint density at radius 1 is 0.407 bits per heavy atom. The fourth-order valence-corrected chi connectivity index (χ4v) is 4.19. The molecule has 164 valence electrons. The van der Waals surface area contributed by atoms with Crippen LogP contribution in [0.25, 0.3) is 0 Å². The van der Waals surface area contributed by atoms with Gasteiger partial charge in [0.15, 0.2) is 0 Å². The van der Waals surface area contributed by atoms with Crippen molar-refractivity contribution in [1.82, 2.24) is 0 Å². The molecule has 0 spiro atoms. The first-order valence-electron chi connectivity index (χ1n) is 12.9. The molecule has 27 heavy (non-hydrogen) atoms. The van der Waals surface area contributed by atoms with Gasteiger partial charge in [-0.15, -0.1) is 0 Å². The summed E-state index contributed by atoms with van der Waals surface area (Å²) in [5.74, 6) is 1.61. The third-order valence-electron chi connectivity index (χ3n) is 6.05. The second kappa shape index (κ2) is 22.3. The lowest BCUT2D eigenvalue weighted by atomic mass is 9.94. The van der Waals surface area contributed by atoms with Crippen molar-refractivity contribution in [1.29, 1.82) is 0 Å². The molecule has 0 amide bonds. The van der Waals surface area contributed by atoms with Crippen LogP contribution in [0.15, 0.2) is 0 Å². The fourth-order valence-electron chi connectivity index (χ4n) is 4.19. The SMILES string of the molecule is CCCCCCCCC(CCCCCC)COCC(CCC)CCCCC. The van der Waals surface area contributed by atoms with Gasteiger partial charge in [0.1, 0.15) is 0 Å². The van der Waals surface area contributed by atoms with E-state index in [9.17, 15) is 0 Å². The summed E-state index contributed by atoms with van der Waals surface area (Å²) in [6, 6.07) is 0. The number of unbranched alkanes of at least 4 members (excludes halogenated alkanes) is 10. The van der Waals surface area contributed by atoms with Crippen LogP contribution in [0.5, 0.6) is 0 Å². The molecule has 2 unspecified atom stereocenters. The number of rotatable bonds is 22. The van der Waals surface area contributed by atoms with Gasteiger partial charge in [-0.25, -0.2) is 0 Å². The van der Waals surface area contributed by atoms with E-state index in [1.54, 1.807) is 0 Å². The van der Waals surface area contributed by atoms with Crippen molar-refractivity contribution in [3.63, 3.8) is 0 Å². The lowest BCUT2D eigenvalue weighted by Gasteiger charge is -2.21. The van der Waals surface area contributed by atoms with Crippen LogP contribution in [0.1, 0.15) is 143 Å². The highest BCUT2D eigenvalue weighted by molar-refractivity contribution is 4.63. The summed E-state index contributed by atoms with van der Waals surface area (Å²) >= 11 is 0. The first-order chi connectivity index (χ1) is 13.3. The molecule has 0 fully saturated rings. The quantitative estimate of drug-likeness (QED) is 0.169. The van der Waals surface area contributed by atoms with Gasteiger partial charge in [0.2, 0.25) is 0 Å². The maximum absolute atomic E-state index is 6.29. The molecular formula is C26H54O. The number of hydrogen-bond acceptors (Lipinski definition) is 1. The maximum atomic E-state index is 6.29. The van der Waals surface area contributed by atoms with Crippen LogP contribution >= 0.6 is 0 Å². The summed E-state index contributed by atoms with van der Waals surface area (Å²) < 4.78 is 6.29. The molecule has 1 heteroatoms. The van der Waals surface area contributed by atoms with Crippen molar-refractivity contribution in [2.24, 2.45) is 11.8 Å². The molecule has 0 heterocycles. The molecule has 0 aromatic heterocycles. The van der Waals surface area contributed by atoms with Gasteiger partial charge in [-0.2, -0.15) is 0 Å². The van der Waals surface area contributed by atoms with Crippen LogP contribution in [-0.4, -0.2) is 13.2 Å². The third kappa shape index (κ3) is 19.1. The minimum atomic E-state index is 0.802. The van der Waals surface area contributed by atoms with Crippen molar-refractivity contribution in [3.8, 4) is 0 Å². The average molecular weight is 383 g/mol. The van der Waals surface area contributed by atoms with E-state index in [-0.39, 0.29) is 0 Å². The van der Waals surface area contributed by atoms with Gasteiger partial charge in [0.25, 0.3) is 0 Å². The molecule has 0 N–H and O–H groups in total. The standard InChI is InChI=1S/C26H54O/c1-5-9-12-14-15-18-22-26(21-17-13-10-6-2)24-27-23-25(19-8-4)20-16-11-7-3/h25-26H,5-24H2,1-4H3. The molecule has 0 saturated carbocycles. The molecule has 0 aliphatic heterocycles. The highest BCUT2D eigenvalue weighted by Crippen LogP contribution is 2.21. The minimum absolute atomic E-state index is 0.802. The van der Waals surface area contributed by atoms with Gasteiger partial charge in [0.05, 0.1) is 0 Å². The first-order valence-corrected chi connectivity index (χ1v) is 12.9. The lowest BCUT2D eigenvalue weighted by molar-refractivity contribution is 0.0592. The predicted octanol–water partition coefficient (Wildman–Crippen LogP) is 9.34. The molecule has 0 aliphatic rings. The molecule has 0 aliphatic carbocycles. The second-order valence-electron chi connectivity index (χ2n) is 8.96. The van der Waals surface area contributed by atoms with E-state index < -0.39 is 0 Å². The van der Waals surface area contributed by atoms with Crippen molar-refractivity contribution < 1.29 is 4.74 Å². The zero-order valence-corrected chi connectivity index (χ0v) is 19.7. The molecule has 0 aromatic carbocycles. The van der Waals surface area contributed by atoms with Crippen LogP contribution < -0.4 is 0 Å². The van der Waals surface area contributed by atoms with E-state index in [0.29, 0.717) is 0 Å². The molecule has 2 atom stereocenters. The molecule has 0 radical (unpaired) electrons. The van der Waals surface area contributed by atoms with Gasteiger partial charge >= 0.3 is 0 Å². The monoisotopic (exact) mass is 382 g/mol. The molecule has 1 nitrogen and oxygen atoms in total. The molecule has 0 rings (SSSR count). The van der Waals surface area contributed by atoms with Crippen LogP contribution in [0.2, 0.25) is 0 Å². The fraction of sp³-hybridized carbons (Fsp3) is 1.00. The Bertz CT molecular complexity index is 263. The zero-order chi connectivity index (χ0) is 20.0. The summed E-state index contributed by atoms with van der Waals surface area (Å²) in [6.07, 6.45) is 25.0. The van der Waals surface area contributed by atoms with Crippen LogP contribution in [0, 0.1) is 11.8 Å². The summed E-state index contributed by atoms with van der Waals surface area (Å²) in [6.45, 7) is 11.3.